The second-order valence-corrected chi connectivity index (χ2v) is 7.61. The van der Waals surface area contributed by atoms with Crippen molar-refractivity contribution in [2.24, 2.45) is 0 Å². The number of carbonyl (C=O) groups excluding carboxylic acids is 2. The highest BCUT2D eigenvalue weighted by atomic mass is 35.5. The van der Waals surface area contributed by atoms with Crippen molar-refractivity contribution in [1.29, 1.82) is 0 Å². The number of benzene rings is 2. The summed E-state index contributed by atoms with van der Waals surface area (Å²) in [7, 11) is 0. The van der Waals surface area contributed by atoms with Crippen molar-refractivity contribution in [3.63, 3.8) is 0 Å². The molecule has 1 N–H and O–H groups in total. The second kappa shape index (κ2) is 7.68. The Morgan fingerprint density at radius 2 is 1.85 bits per heavy atom. The zero-order chi connectivity index (χ0) is 18.8. The van der Waals surface area contributed by atoms with E-state index in [0.717, 1.165) is 10.1 Å². The van der Waals surface area contributed by atoms with Gasteiger partial charge in [-0.15, -0.1) is 11.3 Å². The highest BCUT2D eigenvalue weighted by Gasteiger charge is 2.20. The van der Waals surface area contributed by atoms with E-state index < -0.39 is 0 Å². The topological polar surface area (TPSA) is 58.6 Å². The third kappa shape index (κ3) is 3.69. The van der Waals surface area contributed by atoms with Crippen LogP contribution in [0.3, 0.4) is 0 Å². The van der Waals surface area contributed by atoms with Crippen molar-refractivity contribution in [3.8, 4) is 0 Å². The van der Waals surface area contributed by atoms with Gasteiger partial charge in [0.2, 0.25) is 0 Å². The standard InChI is InChI=1S/C20H17ClN2O3S/c21-17-15-6-1-2-7-16(15)27-18(17)19(24)22-14-5-3-4-13(12-14)20(25)23-8-10-26-11-9-23/h1-7,12H,8-11H2,(H,22,24). The SMILES string of the molecule is O=C(Nc1cccc(C(=O)N2CCOCC2)c1)c1sc2ccccc2c1Cl. The van der Waals surface area contributed by atoms with Crippen LogP contribution in [0.25, 0.3) is 10.1 Å². The van der Waals surface area contributed by atoms with Gasteiger partial charge in [0.05, 0.1) is 18.2 Å². The van der Waals surface area contributed by atoms with Crippen LogP contribution in [0.15, 0.2) is 48.5 Å². The molecular weight excluding hydrogens is 384 g/mol. The number of morpholine rings is 1. The molecule has 0 spiro atoms. The number of nitrogens with zero attached hydrogens (tertiary/aromatic N) is 1. The summed E-state index contributed by atoms with van der Waals surface area (Å²) in [6.45, 7) is 2.25. The highest BCUT2D eigenvalue weighted by Crippen LogP contribution is 2.35. The van der Waals surface area contributed by atoms with Crippen LogP contribution in [0.1, 0.15) is 20.0 Å². The van der Waals surface area contributed by atoms with E-state index in [9.17, 15) is 9.59 Å². The number of fused-ring (bicyclic) bond motifs is 1. The van der Waals surface area contributed by atoms with Gasteiger partial charge in [-0.25, -0.2) is 0 Å². The van der Waals surface area contributed by atoms with Gasteiger partial charge in [-0.2, -0.15) is 0 Å². The number of hydrogen-bond donors (Lipinski definition) is 1. The molecule has 1 aliphatic heterocycles. The Morgan fingerprint density at radius 3 is 2.63 bits per heavy atom. The van der Waals surface area contributed by atoms with Gasteiger partial charge < -0.3 is 15.0 Å². The maximum atomic E-state index is 12.7. The summed E-state index contributed by atoms with van der Waals surface area (Å²) >= 11 is 7.73. The third-order valence-corrected chi connectivity index (χ3v) is 6.08. The summed E-state index contributed by atoms with van der Waals surface area (Å²) in [6, 6.07) is 14.6. The van der Waals surface area contributed by atoms with Crippen molar-refractivity contribution in [1.82, 2.24) is 4.90 Å². The van der Waals surface area contributed by atoms with Crippen LogP contribution in [0.2, 0.25) is 5.02 Å². The van der Waals surface area contributed by atoms with Crippen LogP contribution in [0.4, 0.5) is 5.69 Å². The molecule has 138 valence electrons. The number of ether oxygens (including phenoxy) is 1. The van der Waals surface area contributed by atoms with Crippen molar-refractivity contribution >= 4 is 50.5 Å². The van der Waals surface area contributed by atoms with Gasteiger partial charge in [0.1, 0.15) is 4.88 Å². The van der Waals surface area contributed by atoms with E-state index in [1.54, 1.807) is 29.2 Å². The number of thiophene rings is 1. The molecule has 1 saturated heterocycles. The Hall–Kier alpha value is -2.41. The average molecular weight is 401 g/mol. The molecule has 0 aliphatic carbocycles. The van der Waals surface area contributed by atoms with Crippen LogP contribution in [-0.4, -0.2) is 43.0 Å². The molecule has 27 heavy (non-hydrogen) atoms. The maximum absolute atomic E-state index is 12.7. The van der Waals surface area contributed by atoms with E-state index in [0.29, 0.717) is 47.5 Å². The molecule has 0 bridgehead atoms. The molecule has 1 aromatic heterocycles. The minimum absolute atomic E-state index is 0.0608. The van der Waals surface area contributed by atoms with E-state index in [1.807, 2.05) is 24.3 Å². The Morgan fingerprint density at radius 1 is 1.07 bits per heavy atom. The Labute approximate surface area is 165 Å². The minimum Gasteiger partial charge on any atom is -0.378 e. The molecular formula is C20H17ClN2O3S. The second-order valence-electron chi connectivity index (χ2n) is 6.18. The highest BCUT2D eigenvalue weighted by molar-refractivity contribution is 7.21. The first-order valence-corrected chi connectivity index (χ1v) is 9.78. The monoisotopic (exact) mass is 400 g/mol. The Balaban J connectivity index is 1.54. The van der Waals surface area contributed by atoms with Crippen molar-refractivity contribution in [2.75, 3.05) is 31.6 Å². The predicted octanol–water partition coefficient (Wildman–Crippen LogP) is 4.28. The number of halogens is 1. The lowest BCUT2D eigenvalue weighted by atomic mass is 10.1. The van der Waals surface area contributed by atoms with Gasteiger partial charge in [0.15, 0.2) is 0 Å². The zero-order valence-electron chi connectivity index (χ0n) is 14.4. The van der Waals surface area contributed by atoms with E-state index >= 15 is 0 Å². The van der Waals surface area contributed by atoms with Gasteiger partial charge in [-0.3, -0.25) is 9.59 Å². The zero-order valence-corrected chi connectivity index (χ0v) is 16.0. The number of carbonyl (C=O) groups is 2. The average Bonchev–Trinajstić information content (AvgIpc) is 3.05. The van der Waals surface area contributed by atoms with Gasteiger partial charge >= 0.3 is 0 Å². The van der Waals surface area contributed by atoms with Crippen molar-refractivity contribution in [3.05, 3.63) is 64.0 Å². The lowest BCUT2D eigenvalue weighted by Gasteiger charge is -2.27. The number of anilines is 1. The molecule has 0 radical (unpaired) electrons. The van der Waals surface area contributed by atoms with Gasteiger partial charge in [-0.05, 0) is 24.3 Å². The molecule has 2 heterocycles. The first-order valence-electron chi connectivity index (χ1n) is 8.59. The van der Waals surface area contributed by atoms with E-state index in [1.165, 1.54) is 11.3 Å². The molecule has 0 saturated carbocycles. The van der Waals surface area contributed by atoms with Crippen molar-refractivity contribution in [2.45, 2.75) is 0 Å². The molecule has 0 unspecified atom stereocenters. The summed E-state index contributed by atoms with van der Waals surface area (Å²) < 4.78 is 6.25. The minimum atomic E-state index is -0.280. The van der Waals surface area contributed by atoms with Crippen LogP contribution in [0, 0.1) is 0 Å². The Kier molecular flexibility index (Phi) is 5.11. The molecule has 4 rings (SSSR count). The van der Waals surface area contributed by atoms with E-state index in [4.69, 9.17) is 16.3 Å². The summed E-state index contributed by atoms with van der Waals surface area (Å²) in [5.41, 5.74) is 1.10. The number of hydrogen-bond acceptors (Lipinski definition) is 4. The van der Waals surface area contributed by atoms with Crippen LogP contribution in [0.5, 0.6) is 0 Å². The quantitative estimate of drug-likeness (QED) is 0.713. The lowest BCUT2D eigenvalue weighted by Crippen LogP contribution is -2.40. The summed E-state index contributed by atoms with van der Waals surface area (Å²) in [4.78, 5) is 27.5. The number of amides is 2. The molecule has 3 aromatic rings. The van der Waals surface area contributed by atoms with E-state index in [-0.39, 0.29) is 11.8 Å². The predicted molar refractivity (Wildman–Crippen MR) is 108 cm³/mol. The third-order valence-electron chi connectivity index (χ3n) is 4.41. The summed E-state index contributed by atoms with van der Waals surface area (Å²) in [6.07, 6.45) is 0. The number of nitrogens with one attached hydrogen (secondary N) is 1. The van der Waals surface area contributed by atoms with Crippen LogP contribution in [-0.2, 0) is 4.74 Å². The first kappa shape index (κ1) is 18.0. The van der Waals surface area contributed by atoms with E-state index in [2.05, 4.69) is 5.32 Å². The molecule has 5 nitrogen and oxygen atoms in total. The molecule has 7 heteroatoms. The van der Waals surface area contributed by atoms with Crippen molar-refractivity contribution < 1.29 is 14.3 Å². The molecule has 1 aliphatic rings. The molecule has 2 amide bonds. The van der Waals surface area contributed by atoms with Crippen LogP contribution < -0.4 is 5.32 Å². The normalized spacial score (nSPS) is 14.3. The summed E-state index contributed by atoms with van der Waals surface area (Å²) in [5, 5.41) is 4.17. The fraction of sp³-hybridized carbons (Fsp3) is 0.200. The molecule has 1 fully saturated rings. The molecule has 2 aromatic carbocycles. The smallest absolute Gasteiger partial charge is 0.267 e. The molecule has 0 atom stereocenters. The Bertz CT molecular complexity index is 1010. The maximum Gasteiger partial charge on any atom is 0.267 e. The van der Waals surface area contributed by atoms with Gasteiger partial charge in [0, 0.05) is 34.4 Å². The number of rotatable bonds is 3. The fourth-order valence-corrected chi connectivity index (χ4v) is 4.44. The van der Waals surface area contributed by atoms with Gasteiger partial charge in [0.25, 0.3) is 11.8 Å². The fourth-order valence-electron chi connectivity index (χ4n) is 3.03. The summed E-state index contributed by atoms with van der Waals surface area (Å²) in [5.74, 6) is -0.341. The largest absolute Gasteiger partial charge is 0.378 e. The lowest BCUT2D eigenvalue weighted by molar-refractivity contribution is 0.0303. The van der Waals surface area contributed by atoms with Crippen LogP contribution >= 0.6 is 22.9 Å². The first-order chi connectivity index (χ1) is 13.1. The van der Waals surface area contributed by atoms with Gasteiger partial charge in [-0.1, -0.05) is 35.9 Å².